The van der Waals surface area contributed by atoms with Crippen LogP contribution in [0.5, 0.6) is 0 Å². The van der Waals surface area contributed by atoms with Gasteiger partial charge in [0.1, 0.15) is 12.6 Å². The van der Waals surface area contributed by atoms with Gasteiger partial charge < -0.3 is 10.2 Å². The number of sulfonamides is 1. The average Bonchev–Trinajstić information content (AvgIpc) is 2.91. The fourth-order valence-electron chi connectivity index (χ4n) is 3.97. The van der Waals surface area contributed by atoms with Crippen LogP contribution in [0.4, 0.5) is 5.69 Å². The van der Waals surface area contributed by atoms with Crippen molar-refractivity contribution in [3.63, 3.8) is 0 Å². The molecule has 2 atom stereocenters. The number of carbonyl (C=O) groups is 2. The first kappa shape index (κ1) is 30.7. The predicted molar refractivity (Wildman–Crippen MR) is 159 cm³/mol. The summed E-state index contributed by atoms with van der Waals surface area (Å²) in [6.45, 7) is 6.86. The number of rotatable bonds is 11. The molecule has 3 aromatic rings. The molecule has 208 valence electrons. The fraction of sp³-hybridized carbons (Fsp3) is 0.310. The Kier molecular flexibility index (Phi) is 10.6. The highest BCUT2D eigenvalue weighted by Gasteiger charge is 2.33. The highest BCUT2D eigenvalue weighted by molar-refractivity contribution is 9.10. The molecule has 0 saturated heterocycles. The molecule has 3 rings (SSSR count). The topological polar surface area (TPSA) is 86.8 Å². The molecule has 0 saturated carbocycles. The van der Waals surface area contributed by atoms with Gasteiger partial charge in [0.05, 0.1) is 10.6 Å². The highest BCUT2D eigenvalue weighted by atomic mass is 79.9. The zero-order chi connectivity index (χ0) is 28.7. The van der Waals surface area contributed by atoms with Gasteiger partial charge >= 0.3 is 0 Å². The standard InChI is InChI=1S/C29H33BrClN3O4S/c1-5-21(3)32-29(36)22(4)33(18-23-11-13-24(30)14-12-23)28(35)19-34(27-16-15-25(31)17-20(27)2)39(37,38)26-9-7-6-8-10-26/h6-17,21-22H,5,18-19H2,1-4H3,(H,32,36)/t21-,22-/m1/s1. The van der Waals surface area contributed by atoms with Crippen LogP contribution >= 0.6 is 27.5 Å². The Morgan fingerprint density at radius 2 is 1.64 bits per heavy atom. The lowest BCUT2D eigenvalue weighted by molar-refractivity contribution is -0.139. The van der Waals surface area contributed by atoms with Gasteiger partial charge in [-0.2, -0.15) is 0 Å². The van der Waals surface area contributed by atoms with Gasteiger partial charge in [0.15, 0.2) is 0 Å². The Bertz CT molecular complexity index is 1400. The van der Waals surface area contributed by atoms with E-state index < -0.39 is 28.5 Å². The summed E-state index contributed by atoms with van der Waals surface area (Å²) in [5.74, 6) is -0.825. The Balaban J connectivity index is 2.04. The molecule has 0 unspecified atom stereocenters. The van der Waals surface area contributed by atoms with Crippen LogP contribution in [0.25, 0.3) is 0 Å². The maximum Gasteiger partial charge on any atom is 0.264 e. The third-order valence-electron chi connectivity index (χ3n) is 6.47. The van der Waals surface area contributed by atoms with Crippen LogP contribution in [-0.2, 0) is 26.2 Å². The summed E-state index contributed by atoms with van der Waals surface area (Å²) >= 11 is 9.56. The number of benzene rings is 3. The molecular formula is C29H33BrClN3O4S. The summed E-state index contributed by atoms with van der Waals surface area (Å²) in [4.78, 5) is 28.5. The fourth-order valence-corrected chi connectivity index (χ4v) is 5.96. The van der Waals surface area contributed by atoms with Gasteiger partial charge in [-0.25, -0.2) is 8.42 Å². The molecule has 39 heavy (non-hydrogen) atoms. The van der Waals surface area contributed by atoms with Crippen molar-refractivity contribution in [2.45, 2.75) is 57.6 Å². The van der Waals surface area contributed by atoms with Crippen molar-refractivity contribution in [1.82, 2.24) is 10.2 Å². The predicted octanol–water partition coefficient (Wildman–Crippen LogP) is 5.94. The lowest BCUT2D eigenvalue weighted by atomic mass is 10.1. The molecule has 0 aliphatic heterocycles. The molecule has 10 heteroatoms. The van der Waals surface area contributed by atoms with Crippen LogP contribution in [0.1, 0.15) is 38.3 Å². The molecule has 0 heterocycles. The normalized spacial score (nSPS) is 12.9. The van der Waals surface area contributed by atoms with Gasteiger partial charge in [0.2, 0.25) is 11.8 Å². The summed E-state index contributed by atoms with van der Waals surface area (Å²) in [6, 6.07) is 19.3. The molecule has 0 radical (unpaired) electrons. The van der Waals surface area contributed by atoms with E-state index in [9.17, 15) is 18.0 Å². The molecule has 1 N–H and O–H groups in total. The largest absolute Gasteiger partial charge is 0.352 e. The third-order valence-corrected chi connectivity index (χ3v) is 9.01. The summed E-state index contributed by atoms with van der Waals surface area (Å²) in [5, 5.41) is 3.38. The highest BCUT2D eigenvalue weighted by Crippen LogP contribution is 2.29. The van der Waals surface area contributed by atoms with E-state index in [-0.39, 0.29) is 23.4 Å². The average molecular weight is 635 g/mol. The lowest BCUT2D eigenvalue weighted by Gasteiger charge is -2.33. The van der Waals surface area contributed by atoms with E-state index in [4.69, 9.17) is 11.6 Å². The number of aryl methyl sites for hydroxylation is 1. The Labute approximate surface area is 244 Å². The van der Waals surface area contributed by atoms with E-state index in [2.05, 4.69) is 21.2 Å². The van der Waals surface area contributed by atoms with Crippen molar-refractivity contribution in [2.24, 2.45) is 0 Å². The van der Waals surface area contributed by atoms with Gasteiger partial charge in [-0.05, 0) is 80.8 Å². The van der Waals surface area contributed by atoms with Gasteiger partial charge in [-0.3, -0.25) is 13.9 Å². The maximum atomic E-state index is 14.0. The second-order valence-electron chi connectivity index (χ2n) is 9.40. The molecule has 2 amide bonds. The van der Waals surface area contributed by atoms with Crippen molar-refractivity contribution in [1.29, 1.82) is 0 Å². The lowest BCUT2D eigenvalue weighted by Crippen LogP contribution is -2.52. The van der Waals surface area contributed by atoms with Gasteiger partial charge in [-0.1, -0.05) is 64.8 Å². The van der Waals surface area contributed by atoms with Crippen molar-refractivity contribution >= 4 is 55.1 Å². The van der Waals surface area contributed by atoms with Crippen LogP contribution in [0.3, 0.4) is 0 Å². The number of hydrogen-bond donors (Lipinski definition) is 1. The van der Waals surface area contributed by atoms with Crippen LogP contribution in [0.2, 0.25) is 5.02 Å². The van der Waals surface area contributed by atoms with Crippen molar-refractivity contribution < 1.29 is 18.0 Å². The van der Waals surface area contributed by atoms with Gasteiger partial charge in [-0.15, -0.1) is 0 Å². The van der Waals surface area contributed by atoms with Gasteiger partial charge in [0.25, 0.3) is 10.0 Å². The first-order chi connectivity index (χ1) is 18.4. The van der Waals surface area contributed by atoms with E-state index >= 15 is 0 Å². The first-order valence-electron chi connectivity index (χ1n) is 12.6. The second kappa shape index (κ2) is 13.5. The van der Waals surface area contributed by atoms with E-state index in [0.717, 1.165) is 20.8 Å². The Hall–Kier alpha value is -2.88. The van der Waals surface area contributed by atoms with Crippen LogP contribution in [-0.4, -0.2) is 43.8 Å². The quantitative estimate of drug-likeness (QED) is 0.283. The van der Waals surface area contributed by atoms with Crippen LogP contribution < -0.4 is 9.62 Å². The first-order valence-corrected chi connectivity index (χ1v) is 15.2. The SMILES string of the molecule is CC[C@@H](C)NC(=O)[C@@H](C)N(Cc1ccc(Br)cc1)C(=O)CN(c1ccc(Cl)cc1C)S(=O)(=O)c1ccccc1. The monoisotopic (exact) mass is 633 g/mol. The number of anilines is 1. The smallest absolute Gasteiger partial charge is 0.264 e. The molecular weight excluding hydrogens is 602 g/mol. The van der Waals surface area contributed by atoms with E-state index in [1.165, 1.54) is 17.0 Å². The summed E-state index contributed by atoms with van der Waals surface area (Å²) < 4.78 is 29.7. The number of nitrogens with one attached hydrogen (secondary N) is 1. The molecule has 0 fully saturated rings. The van der Waals surface area contributed by atoms with E-state index in [1.807, 2.05) is 38.1 Å². The molecule has 3 aromatic carbocycles. The minimum absolute atomic E-state index is 0.0502. The van der Waals surface area contributed by atoms with Crippen LogP contribution in [0.15, 0.2) is 82.2 Å². The zero-order valence-corrected chi connectivity index (χ0v) is 25.6. The second-order valence-corrected chi connectivity index (χ2v) is 12.6. The van der Waals surface area contributed by atoms with Crippen LogP contribution in [0, 0.1) is 6.92 Å². The molecule has 7 nitrogen and oxygen atoms in total. The summed E-state index contributed by atoms with van der Waals surface area (Å²) in [7, 11) is -4.13. The number of nitrogens with zero attached hydrogens (tertiary/aromatic N) is 2. The minimum Gasteiger partial charge on any atom is -0.352 e. The van der Waals surface area contributed by atoms with Gasteiger partial charge in [0, 0.05) is 22.1 Å². The number of hydrogen-bond acceptors (Lipinski definition) is 4. The summed E-state index contributed by atoms with van der Waals surface area (Å²) in [5.41, 5.74) is 1.73. The zero-order valence-electron chi connectivity index (χ0n) is 22.4. The summed E-state index contributed by atoms with van der Waals surface area (Å²) in [6.07, 6.45) is 0.734. The van der Waals surface area contributed by atoms with Crippen molar-refractivity contribution in [3.05, 3.63) is 93.4 Å². The molecule has 0 aliphatic rings. The maximum absolute atomic E-state index is 14.0. The minimum atomic E-state index is -4.13. The van der Waals surface area contributed by atoms with Crippen molar-refractivity contribution in [3.8, 4) is 0 Å². The number of carbonyl (C=O) groups excluding carboxylic acids is 2. The molecule has 0 aromatic heterocycles. The van der Waals surface area contributed by atoms with E-state index in [0.29, 0.717) is 16.3 Å². The Morgan fingerprint density at radius 3 is 2.23 bits per heavy atom. The Morgan fingerprint density at radius 1 is 1.00 bits per heavy atom. The number of amides is 2. The molecule has 0 aliphatic carbocycles. The molecule has 0 spiro atoms. The third kappa shape index (κ3) is 7.84. The molecule has 0 bridgehead atoms. The van der Waals surface area contributed by atoms with Crippen molar-refractivity contribution in [2.75, 3.05) is 10.8 Å². The number of halogens is 2. The van der Waals surface area contributed by atoms with E-state index in [1.54, 1.807) is 50.2 Å².